The minimum Gasteiger partial charge on any atom is -0.372 e. The lowest BCUT2D eigenvalue weighted by atomic mass is 9.97. The molecule has 2 unspecified atom stereocenters. The Morgan fingerprint density at radius 1 is 1.30 bits per heavy atom. The second-order valence-corrected chi connectivity index (χ2v) is 6.65. The van der Waals surface area contributed by atoms with Crippen LogP contribution in [0.25, 0.3) is 0 Å². The summed E-state index contributed by atoms with van der Waals surface area (Å²) in [5, 5.41) is 6.25. The molecule has 0 bridgehead atoms. The lowest BCUT2D eigenvalue weighted by Crippen LogP contribution is -2.47. The Labute approximate surface area is 139 Å². The van der Waals surface area contributed by atoms with Crippen molar-refractivity contribution in [2.75, 3.05) is 39.4 Å². The fourth-order valence-corrected chi connectivity index (χ4v) is 3.23. The Morgan fingerprint density at radius 3 is 2.91 bits per heavy atom. The van der Waals surface area contributed by atoms with Crippen LogP contribution in [0, 0.1) is 5.92 Å². The fraction of sp³-hybridized carbons (Fsp3) is 0.882. The van der Waals surface area contributed by atoms with Gasteiger partial charge in [-0.25, -0.2) is 0 Å². The minimum atomic E-state index is -0.0247. The van der Waals surface area contributed by atoms with E-state index in [1.165, 1.54) is 0 Å². The van der Waals surface area contributed by atoms with Gasteiger partial charge in [-0.3, -0.25) is 9.59 Å². The van der Waals surface area contributed by atoms with Crippen LogP contribution in [0.1, 0.15) is 45.4 Å². The van der Waals surface area contributed by atoms with Crippen molar-refractivity contribution < 1.29 is 14.3 Å². The molecule has 2 aliphatic heterocycles. The molecule has 0 aromatic carbocycles. The molecule has 0 radical (unpaired) electrons. The SMILES string of the molecule is CCCCOCC(=O)N1CCCC(CNC(=O)C2CCCN2)C1. The molecule has 0 aromatic heterocycles. The van der Waals surface area contributed by atoms with Crippen molar-refractivity contribution in [3.8, 4) is 0 Å². The van der Waals surface area contributed by atoms with E-state index in [4.69, 9.17) is 4.74 Å². The van der Waals surface area contributed by atoms with Gasteiger partial charge >= 0.3 is 0 Å². The molecule has 2 amide bonds. The summed E-state index contributed by atoms with van der Waals surface area (Å²) in [6.07, 6.45) is 6.15. The zero-order valence-corrected chi connectivity index (χ0v) is 14.3. The van der Waals surface area contributed by atoms with Crippen LogP contribution in [-0.4, -0.2) is 62.1 Å². The topological polar surface area (TPSA) is 70.7 Å². The standard InChI is InChI=1S/C17H31N3O3/c1-2-3-10-23-13-16(21)20-9-5-6-14(12-20)11-19-17(22)15-7-4-8-18-15/h14-15,18H,2-13H2,1H3,(H,19,22). The van der Waals surface area contributed by atoms with Crippen LogP contribution >= 0.6 is 0 Å². The highest BCUT2D eigenvalue weighted by molar-refractivity contribution is 5.82. The van der Waals surface area contributed by atoms with Crippen LogP contribution in [0.2, 0.25) is 0 Å². The van der Waals surface area contributed by atoms with E-state index in [1.807, 2.05) is 4.90 Å². The van der Waals surface area contributed by atoms with Gasteiger partial charge in [-0.2, -0.15) is 0 Å². The molecular weight excluding hydrogens is 294 g/mol. The van der Waals surface area contributed by atoms with Gasteiger partial charge in [0.2, 0.25) is 11.8 Å². The van der Waals surface area contributed by atoms with E-state index in [9.17, 15) is 9.59 Å². The number of carbonyl (C=O) groups excluding carboxylic acids is 2. The van der Waals surface area contributed by atoms with E-state index in [1.54, 1.807) is 0 Å². The summed E-state index contributed by atoms with van der Waals surface area (Å²) in [6, 6.07) is -0.0247. The Balaban J connectivity index is 1.66. The highest BCUT2D eigenvalue weighted by atomic mass is 16.5. The van der Waals surface area contributed by atoms with Crippen LogP contribution in [0.15, 0.2) is 0 Å². The van der Waals surface area contributed by atoms with E-state index >= 15 is 0 Å². The fourth-order valence-electron chi connectivity index (χ4n) is 3.23. The molecule has 2 fully saturated rings. The average Bonchev–Trinajstić information content (AvgIpc) is 3.11. The number of carbonyl (C=O) groups is 2. The number of likely N-dealkylation sites (tertiary alicyclic amines) is 1. The molecule has 6 heteroatoms. The normalized spacial score (nSPS) is 24.7. The predicted octanol–water partition coefficient (Wildman–Crippen LogP) is 0.910. The third-order valence-corrected chi connectivity index (χ3v) is 4.68. The first-order valence-electron chi connectivity index (χ1n) is 9.07. The summed E-state index contributed by atoms with van der Waals surface area (Å²) in [6.45, 7) is 6.09. The third kappa shape index (κ3) is 6.11. The van der Waals surface area contributed by atoms with Gasteiger partial charge < -0.3 is 20.3 Å². The number of nitrogens with one attached hydrogen (secondary N) is 2. The van der Waals surface area contributed by atoms with E-state index in [2.05, 4.69) is 17.6 Å². The zero-order valence-electron chi connectivity index (χ0n) is 14.3. The molecule has 2 saturated heterocycles. The van der Waals surface area contributed by atoms with Gasteiger partial charge in [-0.05, 0) is 44.6 Å². The van der Waals surface area contributed by atoms with Crippen molar-refractivity contribution in [2.45, 2.75) is 51.5 Å². The lowest BCUT2D eigenvalue weighted by Gasteiger charge is -2.33. The van der Waals surface area contributed by atoms with Crippen LogP contribution in [0.5, 0.6) is 0 Å². The van der Waals surface area contributed by atoms with E-state index in [-0.39, 0.29) is 24.5 Å². The third-order valence-electron chi connectivity index (χ3n) is 4.68. The molecule has 6 nitrogen and oxygen atoms in total. The summed E-state index contributed by atoms with van der Waals surface area (Å²) < 4.78 is 5.42. The molecule has 0 saturated carbocycles. The highest BCUT2D eigenvalue weighted by Gasteiger charge is 2.26. The smallest absolute Gasteiger partial charge is 0.248 e. The Hall–Kier alpha value is -1.14. The summed E-state index contributed by atoms with van der Waals surface area (Å²) >= 11 is 0. The van der Waals surface area contributed by atoms with Gasteiger partial charge in [0, 0.05) is 26.2 Å². The Kier molecular flexibility index (Phi) is 7.82. The summed E-state index contributed by atoms with van der Waals surface area (Å²) in [7, 11) is 0. The number of hydrogen-bond acceptors (Lipinski definition) is 4. The van der Waals surface area contributed by atoms with Crippen LogP contribution in [-0.2, 0) is 14.3 Å². The van der Waals surface area contributed by atoms with E-state index in [0.29, 0.717) is 19.1 Å². The van der Waals surface area contributed by atoms with E-state index in [0.717, 1.165) is 58.2 Å². The van der Waals surface area contributed by atoms with Gasteiger partial charge in [-0.1, -0.05) is 13.3 Å². The first kappa shape index (κ1) is 18.2. The second kappa shape index (κ2) is 9.88. The maximum Gasteiger partial charge on any atom is 0.248 e. The largest absolute Gasteiger partial charge is 0.372 e. The quantitative estimate of drug-likeness (QED) is 0.651. The van der Waals surface area contributed by atoms with Gasteiger partial charge in [-0.15, -0.1) is 0 Å². The summed E-state index contributed by atoms with van der Waals surface area (Å²) in [5.41, 5.74) is 0. The zero-order chi connectivity index (χ0) is 16.5. The lowest BCUT2D eigenvalue weighted by molar-refractivity contribution is -0.138. The molecule has 23 heavy (non-hydrogen) atoms. The van der Waals surface area contributed by atoms with Crippen molar-refractivity contribution in [3.63, 3.8) is 0 Å². The number of ether oxygens (including phenoxy) is 1. The van der Waals surface area contributed by atoms with Crippen molar-refractivity contribution in [1.29, 1.82) is 0 Å². The minimum absolute atomic E-state index is 0.0247. The number of amides is 2. The second-order valence-electron chi connectivity index (χ2n) is 6.65. The maximum atomic E-state index is 12.2. The van der Waals surface area contributed by atoms with Gasteiger partial charge in [0.05, 0.1) is 6.04 Å². The van der Waals surface area contributed by atoms with Crippen molar-refractivity contribution in [1.82, 2.24) is 15.5 Å². The monoisotopic (exact) mass is 325 g/mol. The highest BCUT2D eigenvalue weighted by Crippen LogP contribution is 2.16. The molecule has 2 N–H and O–H groups in total. The molecular formula is C17H31N3O3. The molecule has 2 aliphatic rings. The van der Waals surface area contributed by atoms with Crippen LogP contribution in [0.4, 0.5) is 0 Å². The molecule has 132 valence electrons. The molecule has 2 heterocycles. The number of rotatable bonds is 8. The molecule has 0 aliphatic carbocycles. The molecule has 2 atom stereocenters. The van der Waals surface area contributed by atoms with Crippen molar-refractivity contribution in [2.24, 2.45) is 5.92 Å². The van der Waals surface area contributed by atoms with E-state index < -0.39 is 0 Å². The summed E-state index contributed by atoms with van der Waals surface area (Å²) in [4.78, 5) is 26.1. The van der Waals surface area contributed by atoms with Crippen molar-refractivity contribution in [3.05, 3.63) is 0 Å². The summed E-state index contributed by atoms with van der Waals surface area (Å²) in [5.74, 6) is 0.539. The Morgan fingerprint density at radius 2 is 2.17 bits per heavy atom. The van der Waals surface area contributed by atoms with Crippen LogP contribution in [0.3, 0.4) is 0 Å². The Bertz CT molecular complexity index is 383. The van der Waals surface area contributed by atoms with Crippen molar-refractivity contribution >= 4 is 11.8 Å². The first-order valence-corrected chi connectivity index (χ1v) is 9.07. The van der Waals surface area contributed by atoms with Crippen LogP contribution < -0.4 is 10.6 Å². The molecule has 0 aromatic rings. The molecule has 0 spiro atoms. The average molecular weight is 325 g/mol. The van der Waals surface area contributed by atoms with Gasteiger partial charge in [0.25, 0.3) is 0 Å². The maximum absolute atomic E-state index is 12.2. The van der Waals surface area contributed by atoms with Gasteiger partial charge in [0.15, 0.2) is 0 Å². The molecule has 2 rings (SSSR count). The number of hydrogen-bond donors (Lipinski definition) is 2. The number of piperidine rings is 1. The predicted molar refractivity (Wildman–Crippen MR) is 89.1 cm³/mol. The number of unbranched alkanes of at least 4 members (excludes halogenated alkanes) is 1. The first-order chi connectivity index (χ1) is 11.2. The number of nitrogens with zero attached hydrogens (tertiary/aromatic N) is 1. The van der Waals surface area contributed by atoms with Gasteiger partial charge in [0.1, 0.15) is 6.61 Å².